The van der Waals surface area contributed by atoms with Gasteiger partial charge in [0, 0.05) is 36.7 Å². The molecule has 0 aliphatic carbocycles. The smallest absolute Gasteiger partial charge is 0.0383 e. The van der Waals surface area contributed by atoms with Crippen molar-refractivity contribution in [3.05, 3.63) is 52.7 Å². The maximum absolute atomic E-state index is 3.51. The zero-order valence-electron chi connectivity index (χ0n) is 11.0. The maximum Gasteiger partial charge on any atom is 0.0383 e. The third kappa shape index (κ3) is 3.59. The number of rotatable bonds is 6. The molecule has 0 bridgehead atoms. The first-order valence-corrected chi connectivity index (χ1v) is 7.16. The van der Waals surface area contributed by atoms with Gasteiger partial charge in [0.05, 0.1) is 0 Å². The summed E-state index contributed by atoms with van der Waals surface area (Å²) >= 11 is 1.80. The number of hydrogen-bond acceptors (Lipinski definition) is 3. The number of thiophene rings is 1. The molecule has 18 heavy (non-hydrogen) atoms. The highest BCUT2D eigenvalue weighted by Crippen LogP contribution is 2.14. The second-order valence-corrected chi connectivity index (χ2v) is 5.54. The lowest BCUT2D eigenvalue weighted by atomic mass is 10.2. The van der Waals surface area contributed by atoms with E-state index in [0.717, 1.165) is 13.1 Å². The quantitative estimate of drug-likeness (QED) is 0.856. The molecular formula is C15H20N2S. The highest BCUT2D eigenvalue weighted by atomic mass is 32.1. The minimum Gasteiger partial charge on any atom is -0.371 e. The Balaban J connectivity index is 1.79. The number of nitrogens with zero attached hydrogens (tertiary/aromatic N) is 1. The summed E-state index contributed by atoms with van der Waals surface area (Å²) in [5.41, 5.74) is 1.27. The molecule has 1 aromatic heterocycles. The summed E-state index contributed by atoms with van der Waals surface area (Å²) in [7, 11) is 2.15. The summed E-state index contributed by atoms with van der Waals surface area (Å²) < 4.78 is 0. The van der Waals surface area contributed by atoms with Crippen molar-refractivity contribution < 1.29 is 0 Å². The molecular weight excluding hydrogens is 240 g/mol. The predicted molar refractivity (Wildman–Crippen MR) is 80.3 cm³/mol. The van der Waals surface area contributed by atoms with Gasteiger partial charge < -0.3 is 10.2 Å². The lowest BCUT2D eigenvalue weighted by Crippen LogP contribution is -2.37. The molecule has 1 aromatic carbocycles. The molecule has 2 aromatic rings. The minimum absolute atomic E-state index is 0.479. The SMILES string of the molecule is CC(CNCc1cccs1)N(C)c1ccccc1. The predicted octanol–water partition coefficient (Wildman–Crippen LogP) is 3.36. The van der Waals surface area contributed by atoms with Crippen molar-refractivity contribution >= 4 is 17.0 Å². The van der Waals surface area contributed by atoms with Crippen LogP contribution in [0, 0.1) is 0 Å². The summed E-state index contributed by atoms with van der Waals surface area (Å²) in [6.07, 6.45) is 0. The molecule has 0 fully saturated rings. The fraction of sp³-hybridized carbons (Fsp3) is 0.333. The first-order valence-electron chi connectivity index (χ1n) is 6.28. The van der Waals surface area contributed by atoms with Crippen LogP contribution in [0.15, 0.2) is 47.8 Å². The van der Waals surface area contributed by atoms with Gasteiger partial charge in [0.25, 0.3) is 0 Å². The van der Waals surface area contributed by atoms with E-state index in [1.807, 2.05) is 0 Å². The van der Waals surface area contributed by atoms with Gasteiger partial charge in [-0.3, -0.25) is 0 Å². The molecule has 1 N–H and O–H groups in total. The van der Waals surface area contributed by atoms with Crippen LogP contribution >= 0.6 is 11.3 Å². The van der Waals surface area contributed by atoms with E-state index in [4.69, 9.17) is 0 Å². The van der Waals surface area contributed by atoms with Gasteiger partial charge in [0.1, 0.15) is 0 Å². The monoisotopic (exact) mass is 260 g/mol. The highest BCUT2D eigenvalue weighted by Gasteiger charge is 2.08. The third-order valence-electron chi connectivity index (χ3n) is 3.14. The van der Waals surface area contributed by atoms with Crippen LogP contribution in [-0.4, -0.2) is 19.6 Å². The largest absolute Gasteiger partial charge is 0.371 e. The zero-order valence-corrected chi connectivity index (χ0v) is 11.8. The van der Waals surface area contributed by atoms with Crippen LogP contribution in [-0.2, 0) is 6.54 Å². The molecule has 2 nitrogen and oxygen atoms in total. The van der Waals surface area contributed by atoms with Crippen molar-refractivity contribution in [2.75, 3.05) is 18.5 Å². The fourth-order valence-corrected chi connectivity index (χ4v) is 2.55. The molecule has 2 rings (SSSR count). The number of anilines is 1. The van der Waals surface area contributed by atoms with Crippen LogP contribution in [0.3, 0.4) is 0 Å². The Kier molecular flexibility index (Phi) is 4.79. The summed E-state index contributed by atoms with van der Waals surface area (Å²) in [6.45, 7) is 4.20. The van der Waals surface area contributed by atoms with Crippen LogP contribution in [0.2, 0.25) is 0 Å². The van der Waals surface area contributed by atoms with Crippen LogP contribution < -0.4 is 10.2 Å². The molecule has 0 spiro atoms. The van der Waals surface area contributed by atoms with E-state index in [-0.39, 0.29) is 0 Å². The van der Waals surface area contributed by atoms with E-state index < -0.39 is 0 Å². The van der Waals surface area contributed by atoms with Crippen LogP contribution in [0.1, 0.15) is 11.8 Å². The Morgan fingerprint density at radius 2 is 1.94 bits per heavy atom. The van der Waals surface area contributed by atoms with Crippen molar-refractivity contribution in [2.24, 2.45) is 0 Å². The molecule has 0 radical (unpaired) electrons. The van der Waals surface area contributed by atoms with Crippen LogP contribution in [0.5, 0.6) is 0 Å². The van der Waals surface area contributed by atoms with Gasteiger partial charge in [-0.2, -0.15) is 0 Å². The number of hydrogen-bond donors (Lipinski definition) is 1. The molecule has 1 unspecified atom stereocenters. The molecule has 3 heteroatoms. The Labute approximate surface area is 113 Å². The topological polar surface area (TPSA) is 15.3 Å². The molecule has 0 saturated carbocycles. The molecule has 0 saturated heterocycles. The molecule has 0 aliphatic heterocycles. The van der Waals surface area contributed by atoms with Gasteiger partial charge in [-0.15, -0.1) is 11.3 Å². The van der Waals surface area contributed by atoms with Crippen LogP contribution in [0.25, 0.3) is 0 Å². The van der Waals surface area contributed by atoms with Crippen molar-refractivity contribution in [2.45, 2.75) is 19.5 Å². The standard InChI is InChI=1S/C15H20N2S/c1-13(11-16-12-15-9-6-10-18-15)17(2)14-7-4-3-5-8-14/h3-10,13,16H,11-12H2,1-2H3. The van der Waals surface area contributed by atoms with Gasteiger partial charge in [0.2, 0.25) is 0 Å². The highest BCUT2D eigenvalue weighted by molar-refractivity contribution is 7.09. The van der Waals surface area contributed by atoms with E-state index in [1.54, 1.807) is 11.3 Å². The van der Waals surface area contributed by atoms with E-state index >= 15 is 0 Å². The molecule has 96 valence electrons. The average Bonchev–Trinajstić information content (AvgIpc) is 2.92. The first kappa shape index (κ1) is 13.1. The van der Waals surface area contributed by atoms with Crippen LogP contribution in [0.4, 0.5) is 5.69 Å². The summed E-state index contributed by atoms with van der Waals surface area (Å²) in [6, 6.07) is 15.3. The summed E-state index contributed by atoms with van der Waals surface area (Å²) in [5.74, 6) is 0. The average molecular weight is 260 g/mol. The fourth-order valence-electron chi connectivity index (χ4n) is 1.87. The van der Waals surface area contributed by atoms with E-state index in [0.29, 0.717) is 6.04 Å². The molecule has 1 atom stereocenters. The second-order valence-electron chi connectivity index (χ2n) is 4.51. The number of likely N-dealkylation sites (N-methyl/N-ethyl adjacent to an activating group) is 1. The second kappa shape index (κ2) is 6.57. The van der Waals surface area contributed by atoms with Crippen molar-refractivity contribution in [3.8, 4) is 0 Å². The Bertz CT molecular complexity index is 439. The Morgan fingerprint density at radius 1 is 1.17 bits per heavy atom. The third-order valence-corrected chi connectivity index (χ3v) is 4.02. The van der Waals surface area contributed by atoms with Gasteiger partial charge in [0.15, 0.2) is 0 Å². The maximum atomic E-state index is 3.51. The lowest BCUT2D eigenvalue weighted by molar-refractivity contribution is 0.588. The van der Waals surface area contributed by atoms with Gasteiger partial charge in [-0.25, -0.2) is 0 Å². The van der Waals surface area contributed by atoms with Crippen molar-refractivity contribution in [1.29, 1.82) is 0 Å². The van der Waals surface area contributed by atoms with E-state index in [1.165, 1.54) is 10.6 Å². The molecule has 1 heterocycles. The zero-order chi connectivity index (χ0) is 12.8. The van der Waals surface area contributed by atoms with E-state index in [2.05, 4.69) is 72.0 Å². The lowest BCUT2D eigenvalue weighted by Gasteiger charge is -2.27. The molecule has 0 aliphatic rings. The first-order chi connectivity index (χ1) is 8.77. The van der Waals surface area contributed by atoms with Gasteiger partial charge in [-0.05, 0) is 30.5 Å². The Morgan fingerprint density at radius 3 is 2.61 bits per heavy atom. The number of nitrogens with one attached hydrogen (secondary N) is 1. The number of benzene rings is 1. The number of para-hydroxylation sites is 1. The summed E-state index contributed by atoms with van der Waals surface area (Å²) in [4.78, 5) is 3.70. The van der Waals surface area contributed by atoms with Crippen molar-refractivity contribution in [1.82, 2.24) is 5.32 Å². The van der Waals surface area contributed by atoms with Gasteiger partial charge >= 0.3 is 0 Å². The normalized spacial score (nSPS) is 12.3. The summed E-state index contributed by atoms with van der Waals surface area (Å²) in [5, 5.41) is 5.63. The Hall–Kier alpha value is -1.32. The minimum atomic E-state index is 0.479. The van der Waals surface area contributed by atoms with Crippen molar-refractivity contribution in [3.63, 3.8) is 0 Å². The van der Waals surface area contributed by atoms with Gasteiger partial charge in [-0.1, -0.05) is 24.3 Å². The molecule has 0 amide bonds. The van der Waals surface area contributed by atoms with E-state index in [9.17, 15) is 0 Å².